The molecule has 1 aromatic heterocycles. The number of nitrogen functional groups attached to an aromatic ring is 1. The van der Waals surface area contributed by atoms with Gasteiger partial charge in [0.25, 0.3) is 5.91 Å². The first-order chi connectivity index (χ1) is 8.69. The molecule has 2 heterocycles. The Morgan fingerprint density at radius 3 is 2.89 bits per heavy atom. The molecule has 2 rings (SSSR count). The summed E-state index contributed by atoms with van der Waals surface area (Å²) in [7, 11) is 0. The van der Waals surface area contributed by atoms with Gasteiger partial charge in [0, 0.05) is 6.54 Å². The van der Waals surface area contributed by atoms with Crippen LogP contribution < -0.4 is 11.3 Å². The Morgan fingerprint density at radius 1 is 1.50 bits per heavy atom. The Morgan fingerprint density at radius 2 is 2.22 bits per heavy atom. The molecule has 1 amide bonds. The van der Waals surface area contributed by atoms with Gasteiger partial charge < -0.3 is 4.90 Å². The maximum Gasteiger partial charge on any atom is 0.287 e. The van der Waals surface area contributed by atoms with E-state index in [1.807, 2.05) is 5.43 Å². The molecule has 1 aromatic rings. The molecular formula is C11H20N6O. The maximum atomic E-state index is 11.2. The Balaban J connectivity index is 1.79. The predicted molar refractivity (Wildman–Crippen MR) is 66.5 cm³/mol. The summed E-state index contributed by atoms with van der Waals surface area (Å²) in [5.74, 6) is 5.46. The summed E-state index contributed by atoms with van der Waals surface area (Å²) in [6.45, 7) is 6.28. The average molecular weight is 252 g/mol. The Kier molecular flexibility index (Phi) is 4.27. The normalized spacial score (nSPS) is 17.9. The van der Waals surface area contributed by atoms with Crippen LogP contribution in [0.2, 0.25) is 0 Å². The summed E-state index contributed by atoms with van der Waals surface area (Å²) < 4.78 is 1.68. The van der Waals surface area contributed by atoms with Crippen molar-refractivity contribution in [2.45, 2.75) is 26.3 Å². The maximum absolute atomic E-state index is 11.2. The molecule has 0 unspecified atom stereocenters. The minimum Gasteiger partial charge on any atom is -0.301 e. The van der Waals surface area contributed by atoms with Gasteiger partial charge in [0.1, 0.15) is 0 Å². The van der Waals surface area contributed by atoms with Gasteiger partial charge in [-0.2, -0.15) is 0 Å². The number of amides is 1. The molecule has 0 aromatic carbocycles. The van der Waals surface area contributed by atoms with E-state index in [-0.39, 0.29) is 5.69 Å². The molecule has 7 nitrogen and oxygen atoms in total. The second-order valence-electron chi connectivity index (χ2n) is 4.86. The molecule has 0 bridgehead atoms. The fourth-order valence-electron chi connectivity index (χ4n) is 2.12. The largest absolute Gasteiger partial charge is 0.301 e. The van der Waals surface area contributed by atoms with Gasteiger partial charge in [0.2, 0.25) is 0 Å². The van der Waals surface area contributed by atoms with Gasteiger partial charge in [-0.25, -0.2) is 5.84 Å². The number of piperidine rings is 1. The molecule has 7 heteroatoms. The minimum absolute atomic E-state index is 0.254. The Hall–Kier alpha value is -1.47. The summed E-state index contributed by atoms with van der Waals surface area (Å²) in [5.41, 5.74) is 2.29. The molecule has 1 fully saturated rings. The van der Waals surface area contributed by atoms with E-state index in [9.17, 15) is 4.79 Å². The summed E-state index contributed by atoms with van der Waals surface area (Å²) in [5, 5.41) is 7.67. The van der Waals surface area contributed by atoms with Crippen LogP contribution in [0.3, 0.4) is 0 Å². The number of nitrogens with one attached hydrogen (secondary N) is 1. The van der Waals surface area contributed by atoms with E-state index in [1.165, 1.54) is 12.8 Å². The van der Waals surface area contributed by atoms with Gasteiger partial charge in [-0.3, -0.25) is 14.9 Å². The standard InChI is InChI=1S/C11H20N6O/c1-9-2-4-16(5-3-9)6-7-17-8-10(14-15-17)11(18)13-12/h8-9H,2-7,12H2,1H3,(H,13,18). The van der Waals surface area contributed by atoms with E-state index in [0.29, 0.717) is 0 Å². The topological polar surface area (TPSA) is 89.1 Å². The number of carbonyl (C=O) groups excluding carboxylic acids is 1. The van der Waals surface area contributed by atoms with Crippen molar-refractivity contribution >= 4 is 5.91 Å². The van der Waals surface area contributed by atoms with Gasteiger partial charge in [-0.1, -0.05) is 12.1 Å². The van der Waals surface area contributed by atoms with Crippen molar-refractivity contribution in [3.8, 4) is 0 Å². The molecule has 0 radical (unpaired) electrons. The highest BCUT2D eigenvalue weighted by Gasteiger charge is 2.15. The molecule has 0 spiro atoms. The van der Waals surface area contributed by atoms with Crippen LogP contribution in [-0.4, -0.2) is 45.4 Å². The van der Waals surface area contributed by atoms with E-state index >= 15 is 0 Å². The van der Waals surface area contributed by atoms with Crippen molar-refractivity contribution in [2.75, 3.05) is 19.6 Å². The number of hydrogen-bond acceptors (Lipinski definition) is 5. The lowest BCUT2D eigenvalue weighted by atomic mass is 9.99. The van der Waals surface area contributed by atoms with E-state index in [2.05, 4.69) is 22.1 Å². The van der Waals surface area contributed by atoms with Crippen molar-refractivity contribution in [3.63, 3.8) is 0 Å². The molecule has 1 aliphatic heterocycles. The van der Waals surface area contributed by atoms with Crippen LogP contribution >= 0.6 is 0 Å². The molecule has 1 aliphatic rings. The highest BCUT2D eigenvalue weighted by atomic mass is 16.2. The van der Waals surface area contributed by atoms with E-state index < -0.39 is 5.91 Å². The van der Waals surface area contributed by atoms with Crippen LogP contribution in [0, 0.1) is 5.92 Å². The Labute approximate surface area is 106 Å². The van der Waals surface area contributed by atoms with Crippen molar-refractivity contribution in [1.29, 1.82) is 0 Å². The lowest BCUT2D eigenvalue weighted by Gasteiger charge is -2.29. The fourth-order valence-corrected chi connectivity index (χ4v) is 2.12. The van der Waals surface area contributed by atoms with Gasteiger partial charge in [-0.05, 0) is 31.8 Å². The van der Waals surface area contributed by atoms with Crippen molar-refractivity contribution in [3.05, 3.63) is 11.9 Å². The van der Waals surface area contributed by atoms with Crippen molar-refractivity contribution in [2.24, 2.45) is 11.8 Å². The minimum atomic E-state index is -0.409. The zero-order valence-electron chi connectivity index (χ0n) is 10.7. The number of rotatable bonds is 4. The highest BCUT2D eigenvalue weighted by Crippen LogP contribution is 2.15. The Bertz CT molecular complexity index is 396. The van der Waals surface area contributed by atoms with Gasteiger partial charge in [-0.15, -0.1) is 5.10 Å². The fraction of sp³-hybridized carbons (Fsp3) is 0.727. The molecule has 18 heavy (non-hydrogen) atoms. The zero-order valence-corrected chi connectivity index (χ0v) is 10.7. The second-order valence-corrected chi connectivity index (χ2v) is 4.86. The highest BCUT2D eigenvalue weighted by molar-refractivity contribution is 5.91. The van der Waals surface area contributed by atoms with Gasteiger partial charge in [0.15, 0.2) is 5.69 Å². The number of nitrogens with two attached hydrogens (primary N) is 1. The van der Waals surface area contributed by atoms with Crippen LogP contribution in [0.5, 0.6) is 0 Å². The number of aromatic nitrogens is 3. The number of nitrogens with zero attached hydrogens (tertiary/aromatic N) is 4. The molecule has 0 saturated carbocycles. The number of carbonyl (C=O) groups is 1. The van der Waals surface area contributed by atoms with E-state index in [0.717, 1.165) is 32.1 Å². The smallest absolute Gasteiger partial charge is 0.287 e. The summed E-state index contributed by atoms with van der Waals surface area (Å²) in [6, 6.07) is 0. The predicted octanol–water partition coefficient (Wildman–Crippen LogP) is -0.386. The third-order valence-corrected chi connectivity index (χ3v) is 3.42. The number of hydrazine groups is 1. The van der Waals surface area contributed by atoms with Crippen molar-refractivity contribution < 1.29 is 4.79 Å². The lowest BCUT2D eigenvalue weighted by Crippen LogP contribution is -2.35. The van der Waals surface area contributed by atoms with Gasteiger partial charge >= 0.3 is 0 Å². The molecule has 1 saturated heterocycles. The first kappa shape index (κ1) is 13.0. The summed E-state index contributed by atoms with van der Waals surface area (Å²) in [6.07, 6.45) is 4.14. The van der Waals surface area contributed by atoms with Crippen LogP contribution in [0.1, 0.15) is 30.3 Å². The molecule has 0 atom stereocenters. The third-order valence-electron chi connectivity index (χ3n) is 3.42. The van der Waals surface area contributed by atoms with Crippen LogP contribution in [0.4, 0.5) is 0 Å². The lowest BCUT2D eigenvalue weighted by molar-refractivity contribution is 0.0948. The number of likely N-dealkylation sites (tertiary alicyclic amines) is 1. The quantitative estimate of drug-likeness (QED) is 0.433. The monoisotopic (exact) mass is 252 g/mol. The van der Waals surface area contributed by atoms with Crippen LogP contribution in [0.15, 0.2) is 6.20 Å². The molecule has 100 valence electrons. The zero-order chi connectivity index (χ0) is 13.0. The molecule has 0 aliphatic carbocycles. The SMILES string of the molecule is CC1CCN(CCn2cc(C(=O)NN)nn2)CC1. The number of hydrogen-bond donors (Lipinski definition) is 2. The first-order valence-corrected chi connectivity index (χ1v) is 6.32. The van der Waals surface area contributed by atoms with Crippen LogP contribution in [0.25, 0.3) is 0 Å². The van der Waals surface area contributed by atoms with Crippen LogP contribution in [-0.2, 0) is 6.54 Å². The summed E-state index contributed by atoms with van der Waals surface area (Å²) in [4.78, 5) is 13.6. The molecular weight excluding hydrogens is 232 g/mol. The average Bonchev–Trinajstić information content (AvgIpc) is 2.86. The van der Waals surface area contributed by atoms with E-state index in [1.54, 1.807) is 10.9 Å². The van der Waals surface area contributed by atoms with Crippen molar-refractivity contribution in [1.82, 2.24) is 25.3 Å². The molecule has 3 N–H and O–H groups in total. The summed E-state index contributed by atoms with van der Waals surface area (Å²) >= 11 is 0. The second kappa shape index (κ2) is 5.92. The third kappa shape index (κ3) is 3.27. The van der Waals surface area contributed by atoms with E-state index in [4.69, 9.17) is 5.84 Å². The van der Waals surface area contributed by atoms with Gasteiger partial charge in [0.05, 0.1) is 12.7 Å². The first-order valence-electron chi connectivity index (χ1n) is 6.32.